The van der Waals surface area contributed by atoms with Crippen LogP contribution >= 0.6 is 24.8 Å². The number of rotatable bonds is 3. The van der Waals surface area contributed by atoms with E-state index in [1.165, 1.54) is 58.3 Å². The fourth-order valence-electron chi connectivity index (χ4n) is 2.96. The van der Waals surface area contributed by atoms with Gasteiger partial charge < -0.3 is 10.2 Å². The van der Waals surface area contributed by atoms with Crippen LogP contribution in [-0.4, -0.2) is 37.1 Å². The van der Waals surface area contributed by atoms with E-state index in [0.29, 0.717) is 0 Å². The van der Waals surface area contributed by atoms with Crippen molar-refractivity contribution in [3.05, 3.63) is 0 Å². The van der Waals surface area contributed by atoms with Gasteiger partial charge in [0.15, 0.2) is 0 Å². The van der Waals surface area contributed by atoms with Gasteiger partial charge in [-0.2, -0.15) is 0 Å². The van der Waals surface area contributed by atoms with E-state index >= 15 is 0 Å². The average Bonchev–Trinajstić information content (AvgIpc) is 2.71. The molecule has 1 N–H and O–H groups in total. The summed E-state index contributed by atoms with van der Waals surface area (Å²) in [4.78, 5) is 2.75. The second kappa shape index (κ2) is 8.57. The second-order valence-corrected chi connectivity index (χ2v) is 4.91. The van der Waals surface area contributed by atoms with Crippen molar-refractivity contribution in [2.75, 3.05) is 26.2 Å². The molecule has 2 fully saturated rings. The lowest BCUT2D eigenvalue weighted by Gasteiger charge is -2.36. The Morgan fingerprint density at radius 1 is 1.19 bits per heavy atom. The van der Waals surface area contributed by atoms with Crippen molar-refractivity contribution in [1.82, 2.24) is 10.2 Å². The van der Waals surface area contributed by atoms with Gasteiger partial charge in [0.05, 0.1) is 0 Å². The van der Waals surface area contributed by atoms with E-state index in [2.05, 4.69) is 17.1 Å². The van der Waals surface area contributed by atoms with Gasteiger partial charge in [-0.3, -0.25) is 0 Å². The first-order chi connectivity index (χ1) is 6.90. The van der Waals surface area contributed by atoms with E-state index in [9.17, 15) is 0 Å². The highest BCUT2D eigenvalue weighted by molar-refractivity contribution is 5.85. The molecule has 2 unspecified atom stereocenters. The summed E-state index contributed by atoms with van der Waals surface area (Å²) in [6.07, 6.45) is 7.07. The Labute approximate surface area is 112 Å². The summed E-state index contributed by atoms with van der Waals surface area (Å²) in [7, 11) is 0. The highest BCUT2D eigenvalue weighted by Gasteiger charge is 2.24. The van der Waals surface area contributed by atoms with Crippen molar-refractivity contribution < 1.29 is 0 Å². The smallest absolute Gasteiger partial charge is 0.00927 e. The molecule has 0 radical (unpaired) electrons. The van der Waals surface area contributed by atoms with Crippen molar-refractivity contribution in [3.8, 4) is 0 Å². The number of halogens is 2. The molecule has 0 aromatic carbocycles. The molecule has 0 aliphatic carbocycles. The highest BCUT2D eigenvalue weighted by Crippen LogP contribution is 2.22. The third-order valence-electron chi connectivity index (χ3n) is 3.88. The zero-order valence-electron chi connectivity index (χ0n) is 10.3. The Morgan fingerprint density at radius 3 is 2.62 bits per heavy atom. The largest absolute Gasteiger partial charge is 0.316 e. The number of hydrogen-bond donors (Lipinski definition) is 1. The third-order valence-corrected chi connectivity index (χ3v) is 3.88. The number of piperidine rings is 1. The molecule has 4 heteroatoms. The van der Waals surface area contributed by atoms with E-state index < -0.39 is 0 Å². The van der Waals surface area contributed by atoms with Gasteiger partial charge in [-0.25, -0.2) is 0 Å². The summed E-state index contributed by atoms with van der Waals surface area (Å²) in [5, 5.41) is 3.47. The van der Waals surface area contributed by atoms with Gasteiger partial charge in [0.2, 0.25) is 0 Å². The molecule has 0 aromatic heterocycles. The number of nitrogens with one attached hydrogen (secondary N) is 1. The lowest BCUT2D eigenvalue weighted by Crippen LogP contribution is -2.42. The minimum Gasteiger partial charge on any atom is -0.316 e. The summed E-state index contributed by atoms with van der Waals surface area (Å²) in [5.74, 6) is 0.933. The molecule has 2 atom stereocenters. The molecule has 98 valence electrons. The minimum atomic E-state index is 0. The lowest BCUT2D eigenvalue weighted by molar-refractivity contribution is 0.125. The van der Waals surface area contributed by atoms with Crippen LogP contribution in [0.3, 0.4) is 0 Å². The molecule has 2 nitrogen and oxygen atoms in total. The Morgan fingerprint density at radius 2 is 2.00 bits per heavy atom. The molecule has 2 heterocycles. The van der Waals surface area contributed by atoms with Crippen LogP contribution in [0.2, 0.25) is 0 Å². The molecule has 0 aromatic rings. The predicted octanol–water partition coefficient (Wildman–Crippen LogP) is 2.70. The summed E-state index contributed by atoms with van der Waals surface area (Å²) in [6.45, 7) is 7.55. The van der Waals surface area contributed by atoms with Crippen LogP contribution in [-0.2, 0) is 0 Å². The fourth-order valence-corrected chi connectivity index (χ4v) is 2.96. The minimum absolute atomic E-state index is 0. The summed E-state index contributed by atoms with van der Waals surface area (Å²) in [5.41, 5.74) is 0. The maximum atomic E-state index is 3.47. The molecule has 2 aliphatic heterocycles. The van der Waals surface area contributed by atoms with Crippen LogP contribution in [0, 0.1) is 5.92 Å². The molecular weight excluding hydrogens is 243 g/mol. The van der Waals surface area contributed by atoms with Crippen LogP contribution in [0.5, 0.6) is 0 Å². The molecule has 16 heavy (non-hydrogen) atoms. The quantitative estimate of drug-likeness (QED) is 0.847. The number of nitrogens with zero attached hydrogens (tertiary/aromatic N) is 1. The second-order valence-electron chi connectivity index (χ2n) is 4.91. The highest BCUT2D eigenvalue weighted by atomic mass is 35.5. The maximum absolute atomic E-state index is 3.47. The van der Waals surface area contributed by atoms with Gasteiger partial charge in [0.25, 0.3) is 0 Å². The molecule has 0 amide bonds. The van der Waals surface area contributed by atoms with Crippen molar-refractivity contribution in [3.63, 3.8) is 0 Å². The Kier molecular flexibility index (Phi) is 8.84. The van der Waals surface area contributed by atoms with E-state index in [0.717, 1.165) is 12.0 Å². The van der Waals surface area contributed by atoms with E-state index in [4.69, 9.17) is 0 Å². The summed E-state index contributed by atoms with van der Waals surface area (Å²) < 4.78 is 0. The van der Waals surface area contributed by atoms with Crippen LogP contribution in [0.15, 0.2) is 0 Å². The fraction of sp³-hybridized carbons (Fsp3) is 1.00. The lowest BCUT2D eigenvalue weighted by atomic mass is 9.98. The van der Waals surface area contributed by atoms with Gasteiger partial charge >= 0.3 is 0 Å². The Bertz CT molecular complexity index is 172. The van der Waals surface area contributed by atoms with E-state index in [1.54, 1.807) is 0 Å². The normalized spacial score (nSPS) is 30.6. The molecule has 0 bridgehead atoms. The van der Waals surface area contributed by atoms with Crippen LogP contribution in [0.1, 0.15) is 39.0 Å². The van der Waals surface area contributed by atoms with Gasteiger partial charge in [0.1, 0.15) is 0 Å². The Hall–Kier alpha value is 0.500. The molecular formula is C12H26Cl2N2. The first-order valence-corrected chi connectivity index (χ1v) is 6.35. The monoisotopic (exact) mass is 268 g/mol. The molecule has 2 aliphatic rings. The first-order valence-electron chi connectivity index (χ1n) is 6.35. The van der Waals surface area contributed by atoms with Gasteiger partial charge in [-0.05, 0) is 51.2 Å². The molecule has 2 saturated heterocycles. The standard InChI is InChI=1S/C12H24N2.2ClH/c1-2-12-5-3-4-8-14(12)10-11-6-7-13-9-11;;/h11-13H,2-10H2,1H3;2*1H. The maximum Gasteiger partial charge on any atom is 0.00927 e. The number of hydrogen-bond acceptors (Lipinski definition) is 2. The topological polar surface area (TPSA) is 15.3 Å². The van der Waals surface area contributed by atoms with Gasteiger partial charge in [-0.15, -0.1) is 24.8 Å². The Balaban J connectivity index is 0.00000112. The van der Waals surface area contributed by atoms with Crippen molar-refractivity contribution >= 4 is 24.8 Å². The van der Waals surface area contributed by atoms with Gasteiger partial charge in [0, 0.05) is 12.6 Å². The predicted molar refractivity (Wildman–Crippen MR) is 75.0 cm³/mol. The average molecular weight is 269 g/mol. The summed E-state index contributed by atoms with van der Waals surface area (Å²) >= 11 is 0. The zero-order chi connectivity index (χ0) is 9.80. The van der Waals surface area contributed by atoms with E-state index in [-0.39, 0.29) is 24.8 Å². The molecule has 0 saturated carbocycles. The zero-order valence-corrected chi connectivity index (χ0v) is 11.9. The first kappa shape index (κ1) is 16.5. The summed E-state index contributed by atoms with van der Waals surface area (Å²) in [6, 6.07) is 0.893. The van der Waals surface area contributed by atoms with Crippen LogP contribution in [0.4, 0.5) is 0 Å². The van der Waals surface area contributed by atoms with Crippen molar-refractivity contribution in [1.29, 1.82) is 0 Å². The van der Waals surface area contributed by atoms with E-state index in [1.807, 2.05) is 0 Å². The van der Waals surface area contributed by atoms with Crippen LogP contribution < -0.4 is 5.32 Å². The van der Waals surface area contributed by atoms with Crippen LogP contribution in [0.25, 0.3) is 0 Å². The number of likely N-dealkylation sites (tertiary alicyclic amines) is 1. The molecule has 0 spiro atoms. The van der Waals surface area contributed by atoms with Crippen molar-refractivity contribution in [2.45, 2.75) is 45.1 Å². The molecule has 2 rings (SSSR count). The van der Waals surface area contributed by atoms with Gasteiger partial charge in [-0.1, -0.05) is 13.3 Å². The third kappa shape index (κ3) is 4.40. The van der Waals surface area contributed by atoms with Crippen molar-refractivity contribution in [2.24, 2.45) is 5.92 Å². The SMILES string of the molecule is CCC1CCCCN1CC1CCNC1.Cl.Cl.